The fourth-order valence-corrected chi connectivity index (χ4v) is 4.89. The van der Waals surface area contributed by atoms with Gasteiger partial charge in [0.15, 0.2) is 0 Å². The standard InChI is InChI=1S/C26H29N3O/c1-28-25(20-27)22-18-24(30-26(19-22)14-4-2-5-15-26)13-10-21-8-11-23(12-9-21)29-16-6-3-7-17-29/h8-13,18H,2-7,14-17,19H2/b13-10+,25-22+. The van der Waals surface area contributed by atoms with E-state index in [9.17, 15) is 5.26 Å². The van der Waals surface area contributed by atoms with Crippen molar-refractivity contribution in [1.82, 2.24) is 0 Å². The number of hydrogen-bond acceptors (Lipinski definition) is 3. The predicted molar refractivity (Wildman–Crippen MR) is 120 cm³/mol. The lowest BCUT2D eigenvalue weighted by Crippen LogP contribution is -2.37. The fraction of sp³-hybridized carbons (Fsp3) is 0.462. The van der Waals surface area contributed by atoms with Crippen LogP contribution in [0.5, 0.6) is 0 Å². The summed E-state index contributed by atoms with van der Waals surface area (Å²) in [7, 11) is 0. The molecule has 1 aromatic rings. The van der Waals surface area contributed by atoms with E-state index in [2.05, 4.69) is 46.2 Å². The van der Waals surface area contributed by atoms with Gasteiger partial charge in [0.1, 0.15) is 11.4 Å². The Labute approximate surface area is 180 Å². The number of hydrogen-bond donors (Lipinski definition) is 0. The van der Waals surface area contributed by atoms with E-state index in [1.165, 1.54) is 31.4 Å². The van der Waals surface area contributed by atoms with E-state index >= 15 is 0 Å². The summed E-state index contributed by atoms with van der Waals surface area (Å²) in [5.41, 5.74) is 3.18. The molecule has 0 atom stereocenters. The highest BCUT2D eigenvalue weighted by molar-refractivity contribution is 5.58. The van der Waals surface area contributed by atoms with Crippen LogP contribution in [0.1, 0.15) is 63.4 Å². The second-order valence-electron chi connectivity index (χ2n) is 8.64. The van der Waals surface area contributed by atoms with E-state index in [1.54, 1.807) is 0 Å². The molecule has 0 aromatic heterocycles. The van der Waals surface area contributed by atoms with Crippen molar-refractivity contribution in [3.05, 3.63) is 70.4 Å². The zero-order valence-corrected chi connectivity index (χ0v) is 17.6. The molecule has 0 unspecified atom stereocenters. The van der Waals surface area contributed by atoms with Crippen LogP contribution in [0.4, 0.5) is 5.69 Å². The Hall–Kier alpha value is -2.98. The van der Waals surface area contributed by atoms with Crippen molar-refractivity contribution in [3.8, 4) is 6.07 Å². The van der Waals surface area contributed by atoms with Crippen LogP contribution in [0.25, 0.3) is 10.9 Å². The molecule has 0 amide bonds. The Morgan fingerprint density at radius 3 is 2.40 bits per heavy atom. The fourth-order valence-electron chi connectivity index (χ4n) is 4.89. The minimum atomic E-state index is -0.257. The van der Waals surface area contributed by atoms with Crippen molar-refractivity contribution >= 4 is 11.8 Å². The third-order valence-corrected chi connectivity index (χ3v) is 6.50. The van der Waals surface area contributed by atoms with E-state index in [1.807, 2.05) is 12.2 Å². The molecular weight excluding hydrogens is 370 g/mol. The average molecular weight is 400 g/mol. The molecule has 3 aliphatic rings. The van der Waals surface area contributed by atoms with E-state index in [0.717, 1.165) is 55.7 Å². The summed E-state index contributed by atoms with van der Waals surface area (Å²) in [6.07, 6.45) is 16.0. The summed E-state index contributed by atoms with van der Waals surface area (Å²) in [6.45, 7) is 9.65. The Kier molecular flexibility index (Phi) is 6.24. The molecule has 1 aromatic carbocycles. The maximum Gasteiger partial charge on any atom is 0.265 e. The lowest BCUT2D eigenvalue weighted by atomic mass is 9.78. The molecule has 30 heavy (non-hydrogen) atoms. The molecule has 1 aliphatic carbocycles. The number of benzene rings is 1. The number of allylic oxidation sites excluding steroid dienone is 3. The van der Waals surface area contributed by atoms with Gasteiger partial charge in [-0.2, -0.15) is 0 Å². The lowest BCUT2D eigenvalue weighted by Gasteiger charge is -2.41. The lowest BCUT2D eigenvalue weighted by molar-refractivity contribution is -0.0285. The van der Waals surface area contributed by atoms with Gasteiger partial charge in [-0.1, -0.05) is 24.6 Å². The summed E-state index contributed by atoms with van der Waals surface area (Å²) < 4.78 is 6.44. The quantitative estimate of drug-likeness (QED) is 0.436. The second-order valence-corrected chi connectivity index (χ2v) is 8.64. The average Bonchev–Trinajstić information content (AvgIpc) is 2.80. The number of nitriles is 1. The van der Waals surface area contributed by atoms with Gasteiger partial charge in [0.25, 0.3) is 5.70 Å². The van der Waals surface area contributed by atoms with Crippen molar-refractivity contribution in [3.63, 3.8) is 0 Å². The van der Waals surface area contributed by atoms with Gasteiger partial charge in [-0.05, 0) is 80.4 Å². The third-order valence-electron chi connectivity index (χ3n) is 6.50. The van der Waals surface area contributed by atoms with Crippen LogP contribution in [-0.4, -0.2) is 18.7 Å². The summed E-state index contributed by atoms with van der Waals surface area (Å²) in [6, 6.07) is 10.8. The van der Waals surface area contributed by atoms with E-state index in [4.69, 9.17) is 11.3 Å². The molecule has 0 radical (unpaired) electrons. The summed E-state index contributed by atoms with van der Waals surface area (Å²) in [4.78, 5) is 5.91. The SMILES string of the molecule is [C-]#[N+]/C(C#N)=C1C=C(/C=C/c2ccc(N3CCCCC3)cc2)OC2(CCCCC2)C\1. The molecule has 4 nitrogen and oxygen atoms in total. The smallest absolute Gasteiger partial charge is 0.265 e. The Morgan fingerprint density at radius 1 is 1.03 bits per heavy atom. The van der Waals surface area contributed by atoms with Crippen LogP contribution in [0.15, 0.2) is 53.4 Å². The molecule has 1 saturated carbocycles. The molecule has 2 heterocycles. The van der Waals surface area contributed by atoms with Crippen molar-refractivity contribution < 1.29 is 4.74 Å². The van der Waals surface area contributed by atoms with Crippen LogP contribution >= 0.6 is 0 Å². The van der Waals surface area contributed by atoms with Crippen molar-refractivity contribution in [2.45, 2.75) is 63.4 Å². The number of rotatable bonds is 3. The van der Waals surface area contributed by atoms with Crippen LogP contribution in [-0.2, 0) is 4.74 Å². The number of ether oxygens (including phenoxy) is 1. The summed E-state index contributed by atoms with van der Waals surface area (Å²) >= 11 is 0. The first-order valence-electron chi connectivity index (χ1n) is 11.2. The number of anilines is 1. The van der Waals surface area contributed by atoms with Crippen LogP contribution in [0, 0.1) is 17.9 Å². The molecular formula is C26H29N3O. The molecule has 4 heteroatoms. The molecule has 2 fully saturated rings. The Balaban J connectivity index is 1.54. The maximum atomic E-state index is 9.38. The molecule has 1 spiro atoms. The van der Waals surface area contributed by atoms with Gasteiger partial charge in [-0.15, -0.1) is 0 Å². The van der Waals surface area contributed by atoms with Gasteiger partial charge in [-0.3, -0.25) is 0 Å². The molecule has 4 rings (SSSR count). The van der Waals surface area contributed by atoms with Gasteiger partial charge in [-0.25, -0.2) is 10.1 Å². The van der Waals surface area contributed by atoms with Gasteiger partial charge < -0.3 is 9.64 Å². The molecule has 0 N–H and O–H groups in total. The highest BCUT2D eigenvalue weighted by atomic mass is 16.5. The maximum absolute atomic E-state index is 9.38. The zero-order valence-electron chi connectivity index (χ0n) is 17.6. The third kappa shape index (κ3) is 4.60. The second kappa shape index (κ2) is 9.23. The Bertz CT molecular complexity index is 912. The minimum absolute atomic E-state index is 0.194. The highest BCUT2D eigenvalue weighted by Crippen LogP contribution is 2.43. The number of piperidine rings is 1. The topological polar surface area (TPSA) is 40.6 Å². The molecule has 2 aliphatic heterocycles. The first-order valence-corrected chi connectivity index (χ1v) is 11.2. The largest absolute Gasteiger partial charge is 0.487 e. The summed E-state index contributed by atoms with van der Waals surface area (Å²) in [5, 5.41) is 9.38. The zero-order chi connectivity index (χ0) is 20.8. The molecule has 1 saturated heterocycles. The van der Waals surface area contributed by atoms with Crippen molar-refractivity contribution in [2.24, 2.45) is 0 Å². The van der Waals surface area contributed by atoms with Crippen molar-refractivity contribution in [2.75, 3.05) is 18.0 Å². The van der Waals surface area contributed by atoms with Gasteiger partial charge in [0.2, 0.25) is 0 Å². The molecule has 0 bridgehead atoms. The van der Waals surface area contributed by atoms with Gasteiger partial charge >= 0.3 is 0 Å². The summed E-state index contributed by atoms with van der Waals surface area (Å²) in [5.74, 6) is 0.759. The first kappa shape index (κ1) is 20.3. The van der Waals surface area contributed by atoms with Crippen LogP contribution in [0.2, 0.25) is 0 Å². The van der Waals surface area contributed by atoms with E-state index in [-0.39, 0.29) is 11.3 Å². The minimum Gasteiger partial charge on any atom is -0.487 e. The van der Waals surface area contributed by atoms with Gasteiger partial charge in [0.05, 0.1) is 12.6 Å². The monoisotopic (exact) mass is 399 g/mol. The number of nitrogens with zero attached hydrogens (tertiary/aromatic N) is 3. The first-order chi connectivity index (χ1) is 14.7. The van der Waals surface area contributed by atoms with Crippen molar-refractivity contribution in [1.29, 1.82) is 5.26 Å². The van der Waals surface area contributed by atoms with E-state index < -0.39 is 0 Å². The predicted octanol–water partition coefficient (Wildman–Crippen LogP) is 6.39. The Morgan fingerprint density at radius 2 is 1.73 bits per heavy atom. The van der Waals surface area contributed by atoms with Crippen LogP contribution < -0.4 is 4.90 Å². The van der Waals surface area contributed by atoms with Gasteiger partial charge in [0, 0.05) is 25.2 Å². The molecule has 154 valence electrons. The van der Waals surface area contributed by atoms with E-state index in [0.29, 0.717) is 6.42 Å². The van der Waals surface area contributed by atoms with Crippen LogP contribution in [0.3, 0.4) is 0 Å². The highest BCUT2D eigenvalue weighted by Gasteiger charge is 2.38. The normalized spacial score (nSPS) is 22.7.